The van der Waals surface area contributed by atoms with E-state index in [0.29, 0.717) is 17.4 Å². The van der Waals surface area contributed by atoms with Gasteiger partial charge >= 0.3 is 11.9 Å². The number of carbonyl (C=O) groups excluding carboxylic acids is 2. The Bertz CT molecular complexity index is 1380. The molecule has 0 aromatic heterocycles. The van der Waals surface area contributed by atoms with Gasteiger partial charge in [0.2, 0.25) is 0 Å². The van der Waals surface area contributed by atoms with E-state index in [-0.39, 0.29) is 32.0 Å². The first-order valence-corrected chi connectivity index (χ1v) is 29.1. The molecule has 0 amide bonds. The third-order valence-electron chi connectivity index (χ3n) is 11.7. The van der Waals surface area contributed by atoms with Gasteiger partial charge in [-0.2, -0.15) is 0 Å². The SMILES string of the molecule is CC/C=C\C/C=C\C/C=C\C/C=C\C/C=C\CCCCCCCCCC(=O)OC(COC(=O)CCCCCCCCCCC/C=C\CCCCCCCCCC)COP(=O)([O-])OCC[N+](C)(C)C. The number of ether oxygens (including phenoxy) is 2. The summed E-state index contributed by atoms with van der Waals surface area (Å²) in [5.41, 5.74) is 0. The van der Waals surface area contributed by atoms with Crippen molar-refractivity contribution in [3.05, 3.63) is 72.9 Å². The van der Waals surface area contributed by atoms with Crippen molar-refractivity contribution in [1.29, 1.82) is 0 Å². The Morgan fingerprint density at radius 3 is 1.26 bits per heavy atom. The van der Waals surface area contributed by atoms with Crippen molar-refractivity contribution in [3.63, 3.8) is 0 Å². The summed E-state index contributed by atoms with van der Waals surface area (Å²) in [5, 5.41) is 0. The number of hydrogen-bond donors (Lipinski definition) is 0. The number of hydrogen-bond acceptors (Lipinski definition) is 8. The van der Waals surface area contributed by atoms with E-state index in [9.17, 15) is 19.0 Å². The van der Waals surface area contributed by atoms with Gasteiger partial charge in [0.15, 0.2) is 6.10 Å². The van der Waals surface area contributed by atoms with E-state index in [0.717, 1.165) is 77.0 Å². The Kier molecular flexibility index (Phi) is 47.6. The molecule has 0 radical (unpaired) electrons. The fraction of sp³-hybridized carbons (Fsp3) is 0.759. The van der Waals surface area contributed by atoms with Crippen LogP contribution in [0.3, 0.4) is 0 Å². The van der Waals surface area contributed by atoms with Crippen LogP contribution in [-0.2, 0) is 32.7 Å². The Labute approximate surface area is 418 Å². The summed E-state index contributed by atoms with van der Waals surface area (Å²) < 4.78 is 34.1. The predicted octanol–water partition coefficient (Wildman–Crippen LogP) is 16.3. The largest absolute Gasteiger partial charge is 0.756 e. The first-order valence-electron chi connectivity index (χ1n) is 27.6. The number of esters is 2. The lowest BCUT2D eigenvalue weighted by atomic mass is 10.1. The number of nitrogens with zero attached hydrogens (tertiary/aromatic N) is 1. The molecule has 0 spiro atoms. The minimum absolute atomic E-state index is 0.0364. The maximum atomic E-state index is 12.8. The second-order valence-electron chi connectivity index (χ2n) is 19.6. The molecule has 9 nitrogen and oxygen atoms in total. The minimum atomic E-state index is -4.64. The van der Waals surface area contributed by atoms with Crippen molar-refractivity contribution >= 4 is 19.8 Å². The molecule has 0 aliphatic heterocycles. The lowest BCUT2D eigenvalue weighted by Gasteiger charge is -2.28. The molecule has 0 saturated carbocycles. The molecule has 0 aliphatic rings. The van der Waals surface area contributed by atoms with Gasteiger partial charge in [0.25, 0.3) is 7.82 Å². The summed E-state index contributed by atoms with van der Waals surface area (Å²) in [6.45, 7) is 4.12. The first-order chi connectivity index (χ1) is 33.0. The highest BCUT2D eigenvalue weighted by molar-refractivity contribution is 7.45. The number of phosphoric acid groups is 1. The highest BCUT2D eigenvalue weighted by Gasteiger charge is 2.21. The summed E-state index contributed by atoms with van der Waals surface area (Å²) in [4.78, 5) is 37.8. The lowest BCUT2D eigenvalue weighted by molar-refractivity contribution is -0.870. The summed E-state index contributed by atoms with van der Waals surface area (Å²) in [7, 11) is 1.15. The minimum Gasteiger partial charge on any atom is -0.756 e. The molecule has 2 atom stereocenters. The summed E-state index contributed by atoms with van der Waals surface area (Å²) in [6, 6.07) is 0. The highest BCUT2D eigenvalue weighted by Crippen LogP contribution is 2.38. The standard InChI is InChI=1S/C58H104NO8P/c1-6-8-10-12-14-16-18-20-22-24-26-28-29-31-33-35-37-39-41-43-45-47-49-51-58(61)67-56(55-66-68(62,63)65-53-52-59(3,4)5)54-64-57(60)50-48-46-44-42-40-38-36-34-32-30-27-25-23-21-19-17-15-13-11-9-7-2/h8,10,14,16,20,22,25-28,31,33,56H,6-7,9,11-13,15,17-19,21,23-24,29-30,32,34-55H2,1-5H3/b10-8-,16-14-,22-20-,27-25-,28-26-,33-31-. The molecule has 0 fully saturated rings. The molecule has 394 valence electrons. The molecule has 0 bridgehead atoms. The normalized spacial score (nSPS) is 13.9. The second-order valence-corrected chi connectivity index (χ2v) is 21.0. The van der Waals surface area contributed by atoms with Crippen LogP contribution in [0.1, 0.15) is 232 Å². The number of carbonyl (C=O) groups is 2. The molecule has 68 heavy (non-hydrogen) atoms. The van der Waals surface area contributed by atoms with E-state index in [1.165, 1.54) is 122 Å². The van der Waals surface area contributed by atoms with Crippen molar-refractivity contribution < 1.29 is 42.1 Å². The van der Waals surface area contributed by atoms with E-state index < -0.39 is 26.5 Å². The number of quaternary nitrogens is 1. The molecule has 10 heteroatoms. The molecule has 0 aliphatic carbocycles. The van der Waals surface area contributed by atoms with E-state index in [2.05, 4.69) is 86.8 Å². The Hall–Kier alpha value is -2.55. The fourth-order valence-electron chi connectivity index (χ4n) is 7.44. The average Bonchev–Trinajstić information content (AvgIpc) is 3.30. The van der Waals surface area contributed by atoms with Gasteiger partial charge in [-0.15, -0.1) is 0 Å². The van der Waals surface area contributed by atoms with Crippen LogP contribution in [0.5, 0.6) is 0 Å². The van der Waals surface area contributed by atoms with Crippen LogP contribution in [0.25, 0.3) is 0 Å². The zero-order valence-electron chi connectivity index (χ0n) is 44.5. The van der Waals surface area contributed by atoms with Crippen LogP contribution < -0.4 is 4.89 Å². The zero-order valence-corrected chi connectivity index (χ0v) is 45.4. The first kappa shape index (κ1) is 65.5. The highest BCUT2D eigenvalue weighted by atomic mass is 31.2. The van der Waals surface area contributed by atoms with Crippen molar-refractivity contribution in [2.45, 2.75) is 238 Å². The summed E-state index contributed by atoms with van der Waals surface area (Å²) in [5.74, 6) is -0.847. The van der Waals surface area contributed by atoms with Gasteiger partial charge in [-0.25, -0.2) is 0 Å². The Morgan fingerprint density at radius 2 is 0.838 bits per heavy atom. The molecule has 2 unspecified atom stereocenters. The van der Waals surface area contributed by atoms with Crippen LogP contribution in [-0.4, -0.2) is 70.0 Å². The second kappa shape index (κ2) is 49.4. The van der Waals surface area contributed by atoms with Crippen LogP contribution >= 0.6 is 7.82 Å². The molecule has 0 aromatic carbocycles. The van der Waals surface area contributed by atoms with Crippen LogP contribution in [0.2, 0.25) is 0 Å². The lowest BCUT2D eigenvalue weighted by Crippen LogP contribution is -2.37. The zero-order chi connectivity index (χ0) is 49.9. The van der Waals surface area contributed by atoms with E-state index >= 15 is 0 Å². The number of rotatable bonds is 50. The monoisotopic (exact) mass is 974 g/mol. The van der Waals surface area contributed by atoms with E-state index in [1.54, 1.807) is 0 Å². The number of phosphoric ester groups is 1. The molecular formula is C58H104NO8P. The summed E-state index contributed by atoms with van der Waals surface area (Å²) in [6.07, 6.45) is 63.6. The van der Waals surface area contributed by atoms with Crippen molar-refractivity contribution in [3.8, 4) is 0 Å². The van der Waals surface area contributed by atoms with Gasteiger partial charge in [0, 0.05) is 12.8 Å². The van der Waals surface area contributed by atoms with Gasteiger partial charge in [-0.3, -0.25) is 14.2 Å². The molecule has 0 aromatic rings. The molecule has 0 N–H and O–H groups in total. The quantitative estimate of drug-likeness (QED) is 0.0195. The number of unbranched alkanes of at least 4 members (excludes halogenated alkanes) is 24. The smallest absolute Gasteiger partial charge is 0.306 e. The van der Waals surface area contributed by atoms with Crippen molar-refractivity contribution in [2.24, 2.45) is 0 Å². The summed E-state index contributed by atoms with van der Waals surface area (Å²) >= 11 is 0. The average molecular weight is 974 g/mol. The van der Waals surface area contributed by atoms with Gasteiger partial charge in [0.1, 0.15) is 19.8 Å². The maximum Gasteiger partial charge on any atom is 0.306 e. The molecule has 0 heterocycles. The van der Waals surface area contributed by atoms with Crippen LogP contribution in [0, 0.1) is 0 Å². The van der Waals surface area contributed by atoms with Gasteiger partial charge in [0.05, 0.1) is 27.7 Å². The fourth-order valence-corrected chi connectivity index (χ4v) is 8.17. The molecule has 0 saturated heterocycles. The van der Waals surface area contributed by atoms with Gasteiger partial charge < -0.3 is 27.9 Å². The van der Waals surface area contributed by atoms with Crippen molar-refractivity contribution in [1.82, 2.24) is 0 Å². The van der Waals surface area contributed by atoms with E-state index in [1.807, 2.05) is 21.1 Å². The third kappa shape index (κ3) is 52.8. The molecular weight excluding hydrogens is 870 g/mol. The molecule has 0 rings (SSSR count). The number of allylic oxidation sites excluding steroid dienone is 12. The Balaban J connectivity index is 4.24. The third-order valence-corrected chi connectivity index (χ3v) is 12.7. The van der Waals surface area contributed by atoms with Crippen LogP contribution in [0.4, 0.5) is 0 Å². The van der Waals surface area contributed by atoms with Gasteiger partial charge in [-0.05, 0) is 83.5 Å². The van der Waals surface area contributed by atoms with Gasteiger partial charge in [-0.1, -0.05) is 209 Å². The Morgan fingerprint density at radius 1 is 0.471 bits per heavy atom. The number of likely N-dealkylation sites (N-methyl/N-ethyl adjacent to an activating group) is 1. The maximum absolute atomic E-state index is 12.8. The predicted molar refractivity (Wildman–Crippen MR) is 286 cm³/mol. The van der Waals surface area contributed by atoms with Crippen molar-refractivity contribution in [2.75, 3.05) is 47.5 Å². The van der Waals surface area contributed by atoms with Crippen LogP contribution in [0.15, 0.2) is 72.9 Å². The van der Waals surface area contributed by atoms with E-state index in [4.69, 9.17) is 18.5 Å². The topological polar surface area (TPSA) is 111 Å².